The lowest BCUT2D eigenvalue weighted by Crippen LogP contribution is -3.05. The first-order valence-electron chi connectivity index (χ1n) is 9.57. The van der Waals surface area contributed by atoms with Crippen LogP contribution in [0, 0.1) is 0 Å². The first kappa shape index (κ1) is 20.5. The molecule has 1 aromatic carbocycles. The van der Waals surface area contributed by atoms with E-state index >= 15 is 0 Å². The van der Waals surface area contributed by atoms with Crippen LogP contribution in [0.15, 0.2) is 54.2 Å². The van der Waals surface area contributed by atoms with Gasteiger partial charge in [-0.3, -0.25) is 14.6 Å². The fourth-order valence-corrected chi connectivity index (χ4v) is 3.48. The number of methoxy groups -OCH3 is 1. The molecule has 7 heteroatoms. The molecule has 1 aliphatic heterocycles. The molecule has 0 spiro atoms. The summed E-state index contributed by atoms with van der Waals surface area (Å²) in [5.41, 5.74) is 1.02. The number of aliphatic hydroxyl groups excluding tert-OH is 1. The molecule has 152 valence electrons. The lowest BCUT2D eigenvalue weighted by molar-refractivity contribution is -0.858. The van der Waals surface area contributed by atoms with E-state index in [0.29, 0.717) is 23.6 Å². The Morgan fingerprint density at radius 3 is 2.66 bits per heavy atom. The highest BCUT2D eigenvalue weighted by molar-refractivity contribution is 6.46. The highest BCUT2D eigenvalue weighted by Gasteiger charge is 2.46. The van der Waals surface area contributed by atoms with Gasteiger partial charge in [0, 0.05) is 24.7 Å². The van der Waals surface area contributed by atoms with Crippen LogP contribution in [0.5, 0.6) is 5.75 Å². The van der Waals surface area contributed by atoms with Crippen LogP contribution in [-0.4, -0.2) is 61.0 Å². The number of nitrogens with one attached hydrogen (secondary N) is 1. The number of aromatic nitrogens is 1. The Kier molecular flexibility index (Phi) is 6.29. The Hall–Kier alpha value is -3.19. The smallest absolute Gasteiger partial charge is 0.295 e. The molecule has 0 aliphatic carbocycles. The van der Waals surface area contributed by atoms with Crippen LogP contribution >= 0.6 is 0 Å². The van der Waals surface area contributed by atoms with E-state index in [0.717, 1.165) is 13.0 Å². The number of rotatable bonds is 7. The number of likely N-dealkylation sites (tertiary alicyclic amines) is 1. The largest absolute Gasteiger partial charge is 0.507 e. The van der Waals surface area contributed by atoms with Gasteiger partial charge < -0.3 is 19.6 Å². The number of carbonyl (C=O) groups is 2. The van der Waals surface area contributed by atoms with Gasteiger partial charge in [-0.25, -0.2) is 0 Å². The van der Waals surface area contributed by atoms with Crippen molar-refractivity contribution in [1.29, 1.82) is 0 Å². The van der Waals surface area contributed by atoms with Gasteiger partial charge in [-0.15, -0.1) is 0 Å². The molecule has 0 unspecified atom stereocenters. The average Bonchev–Trinajstić information content (AvgIpc) is 2.98. The number of quaternary nitrogens is 1. The predicted octanol–water partition coefficient (Wildman–Crippen LogP) is 1.05. The maximum absolute atomic E-state index is 12.9. The summed E-state index contributed by atoms with van der Waals surface area (Å²) in [5.74, 6) is -0.984. The third-order valence-corrected chi connectivity index (χ3v) is 4.93. The molecule has 0 radical (unpaired) electrons. The second-order valence-electron chi connectivity index (χ2n) is 7.29. The zero-order valence-corrected chi connectivity index (χ0v) is 16.9. The number of aliphatic hydroxyl groups is 1. The number of hydrogen-bond donors (Lipinski definition) is 2. The topological polar surface area (TPSA) is 84.2 Å². The van der Waals surface area contributed by atoms with E-state index in [-0.39, 0.29) is 11.3 Å². The van der Waals surface area contributed by atoms with Gasteiger partial charge in [-0.2, -0.15) is 0 Å². The summed E-state index contributed by atoms with van der Waals surface area (Å²) in [6.45, 7) is 1.26. The van der Waals surface area contributed by atoms with Gasteiger partial charge in [0.25, 0.3) is 11.7 Å². The number of pyridine rings is 1. The van der Waals surface area contributed by atoms with Gasteiger partial charge in [0.05, 0.1) is 39.0 Å². The van der Waals surface area contributed by atoms with E-state index in [4.69, 9.17) is 4.74 Å². The predicted molar refractivity (Wildman–Crippen MR) is 109 cm³/mol. The molecule has 1 saturated heterocycles. The van der Waals surface area contributed by atoms with E-state index in [1.807, 2.05) is 14.1 Å². The van der Waals surface area contributed by atoms with Crippen molar-refractivity contribution < 1.29 is 24.3 Å². The molecule has 29 heavy (non-hydrogen) atoms. The van der Waals surface area contributed by atoms with Crippen molar-refractivity contribution in [3.05, 3.63) is 65.5 Å². The Morgan fingerprint density at radius 1 is 1.21 bits per heavy atom. The summed E-state index contributed by atoms with van der Waals surface area (Å²) in [6, 6.07) is 11.4. The van der Waals surface area contributed by atoms with Crippen molar-refractivity contribution in [2.75, 3.05) is 34.3 Å². The average molecular weight is 396 g/mol. The maximum Gasteiger partial charge on any atom is 0.295 e. The molecule has 3 rings (SSSR count). The number of carbonyl (C=O) groups excluding carboxylic acids is 2. The summed E-state index contributed by atoms with van der Waals surface area (Å²) in [6.07, 6.45) is 2.35. The molecule has 1 aromatic heterocycles. The number of Topliss-reactive ketones (excluding diaryl/α,β-unsaturated/α-hetero) is 1. The lowest BCUT2D eigenvalue weighted by Gasteiger charge is -2.24. The first-order valence-corrected chi connectivity index (χ1v) is 9.57. The number of benzene rings is 1. The van der Waals surface area contributed by atoms with Crippen molar-refractivity contribution in [2.45, 2.75) is 12.5 Å². The number of ether oxygens (including phenoxy) is 1. The molecule has 2 N–H and O–H groups in total. The van der Waals surface area contributed by atoms with Crippen LogP contribution in [0.2, 0.25) is 0 Å². The maximum atomic E-state index is 12.9. The van der Waals surface area contributed by atoms with Crippen LogP contribution in [0.1, 0.15) is 23.7 Å². The summed E-state index contributed by atoms with van der Waals surface area (Å²) >= 11 is 0. The minimum Gasteiger partial charge on any atom is -0.507 e. The second-order valence-corrected chi connectivity index (χ2v) is 7.29. The van der Waals surface area contributed by atoms with Crippen molar-refractivity contribution >= 4 is 17.4 Å². The monoisotopic (exact) mass is 396 g/mol. The quantitative estimate of drug-likeness (QED) is 0.415. The fourth-order valence-electron chi connectivity index (χ4n) is 3.48. The van der Waals surface area contributed by atoms with E-state index in [1.165, 1.54) is 16.9 Å². The van der Waals surface area contributed by atoms with Crippen LogP contribution in [0.4, 0.5) is 0 Å². The summed E-state index contributed by atoms with van der Waals surface area (Å²) < 4.78 is 5.21. The first-order chi connectivity index (χ1) is 13.9. The van der Waals surface area contributed by atoms with E-state index in [9.17, 15) is 14.7 Å². The Bertz CT molecular complexity index is 925. The Labute approximate surface area is 170 Å². The third kappa shape index (κ3) is 4.30. The van der Waals surface area contributed by atoms with Crippen LogP contribution in [0.25, 0.3) is 5.76 Å². The molecule has 1 aliphatic rings. The third-order valence-electron chi connectivity index (χ3n) is 4.93. The van der Waals surface area contributed by atoms with Gasteiger partial charge in [0.2, 0.25) is 0 Å². The van der Waals surface area contributed by atoms with Crippen molar-refractivity contribution in [3.8, 4) is 5.75 Å². The normalized spacial score (nSPS) is 18.5. The molecular weight excluding hydrogens is 370 g/mol. The van der Waals surface area contributed by atoms with Gasteiger partial charge in [0.1, 0.15) is 17.6 Å². The summed E-state index contributed by atoms with van der Waals surface area (Å²) in [7, 11) is 5.60. The zero-order chi connectivity index (χ0) is 21.0. The fraction of sp³-hybridized carbons (Fsp3) is 0.318. The standard InChI is InChI=1S/C22H25N3O4/c1-24(2)12-7-13-25-19(17-10-4-5-11-23-17)18(21(27)22(25)28)20(26)15-8-6-9-16(14-15)29-3/h4-6,8-11,14,19,26H,7,12-13H2,1-3H3/p+1/t19-/m1/s1. The minimum atomic E-state index is -0.723. The van der Waals surface area contributed by atoms with Crippen molar-refractivity contribution in [2.24, 2.45) is 0 Å². The highest BCUT2D eigenvalue weighted by Crippen LogP contribution is 2.38. The number of hydrogen-bond acceptors (Lipinski definition) is 5. The van der Waals surface area contributed by atoms with Gasteiger partial charge in [-0.05, 0) is 24.3 Å². The minimum absolute atomic E-state index is 0.0548. The van der Waals surface area contributed by atoms with Crippen molar-refractivity contribution in [1.82, 2.24) is 9.88 Å². The van der Waals surface area contributed by atoms with Gasteiger partial charge >= 0.3 is 0 Å². The second kappa shape index (κ2) is 8.87. The molecule has 7 nitrogen and oxygen atoms in total. The molecule has 1 amide bonds. The number of amides is 1. The SMILES string of the molecule is COc1cccc(C(O)=C2C(=O)C(=O)N(CCC[NH+](C)C)[C@@H]2c2ccccn2)c1. The van der Waals surface area contributed by atoms with Crippen molar-refractivity contribution in [3.63, 3.8) is 0 Å². The van der Waals surface area contributed by atoms with Gasteiger partial charge in [0.15, 0.2) is 0 Å². The van der Waals surface area contributed by atoms with Crippen LogP contribution < -0.4 is 9.64 Å². The molecule has 0 saturated carbocycles. The van der Waals surface area contributed by atoms with E-state index < -0.39 is 17.7 Å². The molecule has 0 bridgehead atoms. The lowest BCUT2D eigenvalue weighted by atomic mass is 9.98. The number of ketones is 1. The molecule has 2 aromatic rings. The van der Waals surface area contributed by atoms with E-state index in [1.54, 1.807) is 48.7 Å². The Balaban J connectivity index is 2.07. The number of nitrogens with zero attached hydrogens (tertiary/aromatic N) is 2. The summed E-state index contributed by atoms with van der Waals surface area (Å²) in [5, 5.41) is 11.0. The Morgan fingerprint density at radius 2 is 2.00 bits per heavy atom. The van der Waals surface area contributed by atoms with Crippen LogP contribution in [0.3, 0.4) is 0 Å². The molecule has 1 atom stereocenters. The van der Waals surface area contributed by atoms with Crippen LogP contribution in [-0.2, 0) is 9.59 Å². The van der Waals surface area contributed by atoms with Gasteiger partial charge in [-0.1, -0.05) is 18.2 Å². The highest BCUT2D eigenvalue weighted by atomic mass is 16.5. The molecule has 1 fully saturated rings. The zero-order valence-electron chi connectivity index (χ0n) is 16.9. The molecule has 2 heterocycles. The summed E-state index contributed by atoms with van der Waals surface area (Å²) in [4.78, 5) is 32.8. The van der Waals surface area contributed by atoms with E-state index in [2.05, 4.69) is 4.98 Å². The molecular formula is C22H26N3O4+.